The third kappa shape index (κ3) is 5.25. The number of para-hydroxylation sites is 1. The Kier molecular flexibility index (Phi) is 6.53. The van der Waals surface area contributed by atoms with E-state index in [2.05, 4.69) is 34.7 Å². The quantitative estimate of drug-likeness (QED) is 0.699. The number of nitrogens with one attached hydrogen (secondary N) is 3. The molecule has 0 unspecified atom stereocenters. The fourth-order valence-corrected chi connectivity index (χ4v) is 3.24. The van der Waals surface area contributed by atoms with Gasteiger partial charge in [-0.2, -0.15) is 0 Å². The van der Waals surface area contributed by atoms with Crippen LogP contribution in [0, 0.1) is 5.92 Å². The summed E-state index contributed by atoms with van der Waals surface area (Å²) in [5.74, 6) is 0.264. The maximum absolute atomic E-state index is 12.8. The molecule has 0 bridgehead atoms. The van der Waals surface area contributed by atoms with E-state index >= 15 is 0 Å². The summed E-state index contributed by atoms with van der Waals surface area (Å²) < 4.78 is 0. The van der Waals surface area contributed by atoms with Gasteiger partial charge in [0.1, 0.15) is 0 Å². The van der Waals surface area contributed by atoms with Crippen LogP contribution in [0.3, 0.4) is 0 Å². The van der Waals surface area contributed by atoms with Crippen molar-refractivity contribution in [1.82, 2.24) is 5.32 Å². The van der Waals surface area contributed by atoms with Gasteiger partial charge in [-0.3, -0.25) is 4.79 Å². The fraction of sp³-hybridized carbons (Fsp3) is 0.364. The van der Waals surface area contributed by atoms with Crippen LogP contribution in [0.2, 0.25) is 0 Å². The molecule has 0 saturated carbocycles. The van der Waals surface area contributed by atoms with Crippen molar-refractivity contribution in [3.8, 4) is 0 Å². The molecule has 1 heterocycles. The molecular weight excluding hydrogens is 352 g/mol. The number of rotatable bonds is 6. The van der Waals surface area contributed by atoms with E-state index in [9.17, 15) is 9.59 Å². The van der Waals surface area contributed by atoms with Gasteiger partial charge in [0.25, 0.3) is 5.91 Å². The molecule has 0 aromatic heterocycles. The summed E-state index contributed by atoms with van der Waals surface area (Å²) in [5.41, 5.74) is 2.82. The molecule has 6 heteroatoms. The number of hydrogen-bond acceptors (Lipinski definition) is 3. The van der Waals surface area contributed by atoms with Gasteiger partial charge in [0.15, 0.2) is 0 Å². The van der Waals surface area contributed by atoms with E-state index in [-0.39, 0.29) is 11.9 Å². The summed E-state index contributed by atoms with van der Waals surface area (Å²) in [6.07, 6.45) is 2.26. The lowest BCUT2D eigenvalue weighted by Crippen LogP contribution is -2.30. The van der Waals surface area contributed by atoms with Crippen LogP contribution in [0.5, 0.6) is 0 Å². The summed E-state index contributed by atoms with van der Waals surface area (Å²) in [4.78, 5) is 27.3. The molecule has 1 aliphatic rings. The Labute approximate surface area is 166 Å². The van der Waals surface area contributed by atoms with Crippen LogP contribution in [0.1, 0.15) is 37.0 Å². The molecule has 0 radical (unpaired) electrons. The highest BCUT2D eigenvalue weighted by molar-refractivity contribution is 6.04. The largest absolute Gasteiger partial charge is 0.371 e. The average molecular weight is 380 g/mol. The zero-order valence-corrected chi connectivity index (χ0v) is 16.5. The lowest BCUT2D eigenvalue weighted by Gasteiger charge is -2.22. The van der Waals surface area contributed by atoms with Gasteiger partial charge in [-0.15, -0.1) is 0 Å². The molecule has 0 spiro atoms. The van der Waals surface area contributed by atoms with E-state index in [1.54, 1.807) is 6.07 Å². The standard InChI is InChI=1S/C22H28N4O2/c1-16(2)15-23-21(27)19-14-18(10-11-20(19)26-12-6-7-13-26)25-22(28)24-17-8-4-3-5-9-17/h3-5,8-11,14,16H,6-7,12-13,15H2,1-2H3,(H,23,27)(H2,24,25,28). The number of anilines is 3. The monoisotopic (exact) mass is 380 g/mol. The van der Waals surface area contributed by atoms with Crippen LogP contribution in [-0.4, -0.2) is 31.6 Å². The van der Waals surface area contributed by atoms with Crippen molar-refractivity contribution in [1.29, 1.82) is 0 Å². The molecule has 3 amide bonds. The summed E-state index contributed by atoms with van der Waals surface area (Å²) >= 11 is 0. The van der Waals surface area contributed by atoms with Gasteiger partial charge in [0.05, 0.1) is 5.56 Å². The van der Waals surface area contributed by atoms with E-state index in [1.807, 2.05) is 42.5 Å². The van der Waals surface area contributed by atoms with E-state index in [0.717, 1.165) is 31.6 Å². The third-order valence-electron chi connectivity index (χ3n) is 4.65. The summed E-state index contributed by atoms with van der Waals surface area (Å²) in [6.45, 7) is 6.64. The number of nitrogens with zero attached hydrogens (tertiary/aromatic N) is 1. The second-order valence-corrected chi connectivity index (χ2v) is 7.48. The highest BCUT2D eigenvalue weighted by Crippen LogP contribution is 2.27. The predicted molar refractivity (Wildman–Crippen MR) is 114 cm³/mol. The molecule has 2 aromatic rings. The molecule has 1 saturated heterocycles. The number of carbonyl (C=O) groups is 2. The zero-order valence-electron chi connectivity index (χ0n) is 16.5. The first kappa shape index (κ1) is 19.7. The van der Waals surface area contributed by atoms with Crippen molar-refractivity contribution < 1.29 is 9.59 Å². The van der Waals surface area contributed by atoms with Gasteiger partial charge in [0, 0.05) is 36.7 Å². The number of hydrogen-bond donors (Lipinski definition) is 3. The highest BCUT2D eigenvalue weighted by Gasteiger charge is 2.20. The molecule has 2 aromatic carbocycles. The van der Waals surface area contributed by atoms with Crippen LogP contribution < -0.4 is 20.9 Å². The Morgan fingerprint density at radius 3 is 2.32 bits per heavy atom. The number of amides is 3. The number of benzene rings is 2. The minimum Gasteiger partial charge on any atom is -0.371 e. The Balaban J connectivity index is 1.77. The molecular formula is C22H28N4O2. The van der Waals surface area contributed by atoms with Crippen molar-refractivity contribution in [3.05, 3.63) is 54.1 Å². The van der Waals surface area contributed by atoms with Gasteiger partial charge in [0.2, 0.25) is 0 Å². The van der Waals surface area contributed by atoms with E-state index in [0.29, 0.717) is 29.4 Å². The fourth-order valence-electron chi connectivity index (χ4n) is 3.24. The summed E-state index contributed by atoms with van der Waals surface area (Å²) in [7, 11) is 0. The maximum atomic E-state index is 12.8. The second-order valence-electron chi connectivity index (χ2n) is 7.48. The van der Waals surface area contributed by atoms with Crippen LogP contribution in [0.4, 0.5) is 21.9 Å². The van der Waals surface area contributed by atoms with Gasteiger partial charge in [-0.1, -0.05) is 32.0 Å². The van der Waals surface area contributed by atoms with Crippen molar-refractivity contribution in [2.75, 3.05) is 35.2 Å². The Morgan fingerprint density at radius 1 is 0.964 bits per heavy atom. The van der Waals surface area contributed by atoms with E-state index in [1.165, 1.54) is 0 Å². The van der Waals surface area contributed by atoms with Crippen LogP contribution in [0.15, 0.2) is 48.5 Å². The topological polar surface area (TPSA) is 73.5 Å². The molecule has 6 nitrogen and oxygen atoms in total. The summed E-state index contributed by atoms with van der Waals surface area (Å²) in [5, 5.41) is 8.60. The lowest BCUT2D eigenvalue weighted by molar-refractivity contribution is 0.0949. The first-order chi connectivity index (χ1) is 13.5. The first-order valence-electron chi connectivity index (χ1n) is 9.83. The predicted octanol–water partition coefficient (Wildman–Crippen LogP) is 4.32. The van der Waals surface area contributed by atoms with E-state index < -0.39 is 0 Å². The molecule has 0 atom stereocenters. The Hall–Kier alpha value is -3.02. The van der Waals surface area contributed by atoms with Crippen LogP contribution in [0.25, 0.3) is 0 Å². The molecule has 1 aliphatic heterocycles. The van der Waals surface area contributed by atoms with Crippen LogP contribution in [-0.2, 0) is 0 Å². The minimum absolute atomic E-state index is 0.109. The van der Waals surface area contributed by atoms with Gasteiger partial charge in [-0.05, 0) is 49.1 Å². The van der Waals surface area contributed by atoms with Crippen LogP contribution >= 0.6 is 0 Å². The number of carbonyl (C=O) groups excluding carboxylic acids is 2. The van der Waals surface area contributed by atoms with Gasteiger partial charge in [-0.25, -0.2) is 4.79 Å². The molecule has 148 valence electrons. The zero-order chi connectivity index (χ0) is 19.9. The molecule has 1 fully saturated rings. The maximum Gasteiger partial charge on any atom is 0.323 e. The van der Waals surface area contributed by atoms with Crippen molar-refractivity contribution in [2.45, 2.75) is 26.7 Å². The van der Waals surface area contributed by atoms with Gasteiger partial charge >= 0.3 is 6.03 Å². The second kappa shape index (κ2) is 9.26. The molecule has 3 N–H and O–H groups in total. The Morgan fingerprint density at radius 2 is 1.64 bits per heavy atom. The molecule has 3 rings (SSSR count). The average Bonchev–Trinajstić information content (AvgIpc) is 3.21. The summed E-state index contributed by atoms with van der Waals surface area (Å²) in [6, 6.07) is 14.4. The van der Waals surface area contributed by atoms with Crippen molar-refractivity contribution >= 4 is 29.0 Å². The van der Waals surface area contributed by atoms with E-state index in [4.69, 9.17) is 0 Å². The molecule has 28 heavy (non-hydrogen) atoms. The normalized spacial score (nSPS) is 13.5. The van der Waals surface area contributed by atoms with Crippen molar-refractivity contribution in [2.24, 2.45) is 5.92 Å². The number of urea groups is 1. The lowest BCUT2D eigenvalue weighted by atomic mass is 10.1. The highest BCUT2D eigenvalue weighted by atomic mass is 16.2. The van der Waals surface area contributed by atoms with Gasteiger partial charge < -0.3 is 20.9 Å². The van der Waals surface area contributed by atoms with Crippen molar-refractivity contribution in [3.63, 3.8) is 0 Å². The third-order valence-corrected chi connectivity index (χ3v) is 4.65. The minimum atomic E-state index is -0.339. The smallest absolute Gasteiger partial charge is 0.323 e. The Bertz CT molecular complexity index is 815. The first-order valence-corrected chi connectivity index (χ1v) is 9.83. The SMILES string of the molecule is CC(C)CNC(=O)c1cc(NC(=O)Nc2ccccc2)ccc1N1CCCC1. The molecule has 0 aliphatic carbocycles.